The highest BCUT2D eigenvalue weighted by Crippen LogP contribution is 2.27. The van der Waals surface area contributed by atoms with E-state index in [0.29, 0.717) is 5.69 Å². The molecule has 1 amide bonds. The number of aromatic nitrogens is 1. The minimum Gasteiger partial charge on any atom is -0.357 e. The van der Waals surface area contributed by atoms with Gasteiger partial charge in [-0.2, -0.15) is 0 Å². The molecule has 0 radical (unpaired) electrons. The highest BCUT2D eigenvalue weighted by molar-refractivity contribution is 5.93. The number of nitrogens with zero attached hydrogens (tertiary/aromatic N) is 1. The molecular formula is C12H19N3O. The van der Waals surface area contributed by atoms with E-state index in [9.17, 15) is 4.79 Å². The summed E-state index contributed by atoms with van der Waals surface area (Å²) in [5.74, 6) is 0.0712. The molecule has 1 aliphatic rings. The van der Waals surface area contributed by atoms with E-state index in [0.717, 1.165) is 19.4 Å². The normalized spacial score (nSPS) is 24.4. The molecule has 2 heterocycles. The third-order valence-corrected chi connectivity index (χ3v) is 3.29. The standard InChI is InChI=1S/C12H19N3O/c1-12(2)8-9(13)5-7-15(12)11(16)10-4-3-6-14-10/h3-4,6,9,14H,5,7-8,13H2,1-2H3. The van der Waals surface area contributed by atoms with Crippen LogP contribution in [0, 0.1) is 0 Å². The Hall–Kier alpha value is -1.29. The first-order chi connectivity index (χ1) is 7.50. The first kappa shape index (κ1) is 11.2. The van der Waals surface area contributed by atoms with E-state index >= 15 is 0 Å². The van der Waals surface area contributed by atoms with Gasteiger partial charge in [0.2, 0.25) is 0 Å². The summed E-state index contributed by atoms with van der Waals surface area (Å²) in [5, 5.41) is 0. The van der Waals surface area contributed by atoms with E-state index in [1.54, 1.807) is 6.20 Å². The first-order valence-corrected chi connectivity index (χ1v) is 5.71. The van der Waals surface area contributed by atoms with Crippen molar-refractivity contribution in [3.63, 3.8) is 0 Å². The van der Waals surface area contributed by atoms with Crippen LogP contribution in [0.1, 0.15) is 37.2 Å². The summed E-state index contributed by atoms with van der Waals surface area (Å²) < 4.78 is 0. The first-order valence-electron chi connectivity index (χ1n) is 5.71. The average Bonchev–Trinajstić information content (AvgIpc) is 2.67. The fourth-order valence-corrected chi connectivity index (χ4v) is 2.44. The number of H-pyrrole nitrogens is 1. The molecule has 16 heavy (non-hydrogen) atoms. The van der Waals surface area contributed by atoms with Crippen molar-refractivity contribution in [1.82, 2.24) is 9.88 Å². The highest BCUT2D eigenvalue weighted by atomic mass is 16.2. The summed E-state index contributed by atoms with van der Waals surface area (Å²) in [6.07, 6.45) is 3.52. The van der Waals surface area contributed by atoms with E-state index in [1.807, 2.05) is 17.0 Å². The minimum atomic E-state index is -0.153. The molecule has 0 saturated carbocycles. The minimum absolute atomic E-state index is 0.0712. The maximum atomic E-state index is 12.2. The number of rotatable bonds is 1. The molecule has 1 atom stereocenters. The van der Waals surface area contributed by atoms with Gasteiger partial charge in [-0.25, -0.2) is 0 Å². The largest absolute Gasteiger partial charge is 0.357 e. The van der Waals surface area contributed by atoms with Crippen molar-refractivity contribution in [2.45, 2.75) is 38.3 Å². The number of aromatic amines is 1. The monoisotopic (exact) mass is 221 g/mol. The van der Waals surface area contributed by atoms with Gasteiger partial charge in [-0.05, 0) is 38.8 Å². The van der Waals surface area contributed by atoms with Crippen LogP contribution in [0.5, 0.6) is 0 Å². The zero-order valence-electron chi connectivity index (χ0n) is 9.86. The smallest absolute Gasteiger partial charge is 0.270 e. The van der Waals surface area contributed by atoms with Crippen LogP contribution in [0.15, 0.2) is 18.3 Å². The van der Waals surface area contributed by atoms with Crippen molar-refractivity contribution in [3.8, 4) is 0 Å². The van der Waals surface area contributed by atoms with E-state index in [1.165, 1.54) is 0 Å². The predicted molar refractivity (Wildman–Crippen MR) is 63.1 cm³/mol. The van der Waals surface area contributed by atoms with Crippen LogP contribution in [0.3, 0.4) is 0 Å². The summed E-state index contributed by atoms with van der Waals surface area (Å²) >= 11 is 0. The molecule has 1 saturated heterocycles. The fourth-order valence-electron chi connectivity index (χ4n) is 2.44. The number of amides is 1. The van der Waals surface area contributed by atoms with E-state index < -0.39 is 0 Å². The third-order valence-electron chi connectivity index (χ3n) is 3.29. The van der Waals surface area contributed by atoms with Crippen molar-refractivity contribution >= 4 is 5.91 Å². The third kappa shape index (κ3) is 1.97. The molecular weight excluding hydrogens is 202 g/mol. The molecule has 0 spiro atoms. The molecule has 4 nitrogen and oxygen atoms in total. The summed E-state index contributed by atoms with van der Waals surface area (Å²) in [6, 6.07) is 3.87. The van der Waals surface area contributed by atoms with Crippen molar-refractivity contribution in [2.24, 2.45) is 5.73 Å². The zero-order chi connectivity index (χ0) is 11.8. The second kappa shape index (κ2) is 3.94. The van der Waals surface area contributed by atoms with Crippen molar-refractivity contribution in [2.75, 3.05) is 6.54 Å². The van der Waals surface area contributed by atoms with Gasteiger partial charge < -0.3 is 15.6 Å². The number of carbonyl (C=O) groups is 1. The Morgan fingerprint density at radius 1 is 1.62 bits per heavy atom. The Bertz CT molecular complexity index is 370. The Balaban J connectivity index is 2.18. The van der Waals surface area contributed by atoms with Crippen LogP contribution in [0.2, 0.25) is 0 Å². The molecule has 1 aromatic rings. The number of nitrogens with two attached hydrogens (primary N) is 1. The summed E-state index contributed by atoms with van der Waals surface area (Å²) in [5.41, 5.74) is 6.45. The molecule has 0 aliphatic carbocycles. The van der Waals surface area contributed by atoms with Crippen LogP contribution < -0.4 is 5.73 Å². The number of hydrogen-bond donors (Lipinski definition) is 2. The lowest BCUT2D eigenvalue weighted by Crippen LogP contribution is -2.55. The lowest BCUT2D eigenvalue weighted by molar-refractivity contribution is 0.0395. The molecule has 1 aliphatic heterocycles. The quantitative estimate of drug-likeness (QED) is 0.752. The molecule has 2 rings (SSSR count). The second-order valence-electron chi connectivity index (χ2n) is 5.11. The molecule has 1 unspecified atom stereocenters. The van der Waals surface area contributed by atoms with Crippen molar-refractivity contribution in [3.05, 3.63) is 24.0 Å². The number of piperidine rings is 1. The lowest BCUT2D eigenvalue weighted by atomic mass is 9.87. The summed E-state index contributed by atoms with van der Waals surface area (Å²) in [7, 11) is 0. The van der Waals surface area contributed by atoms with Crippen molar-refractivity contribution in [1.29, 1.82) is 0 Å². The number of likely N-dealkylation sites (tertiary alicyclic amines) is 1. The maximum absolute atomic E-state index is 12.2. The molecule has 1 aromatic heterocycles. The van der Waals surface area contributed by atoms with Gasteiger partial charge >= 0.3 is 0 Å². The van der Waals surface area contributed by atoms with E-state index in [-0.39, 0.29) is 17.5 Å². The van der Waals surface area contributed by atoms with E-state index in [4.69, 9.17) is 5.73 Å². The van der Waals surface area contributed by atoms with Gasteiger partial charge in [0.25, 0.3) is 5.91 Å². The topological polar surface area (TPSA) is 62.1 Å². The molecule has 88 valence electrons. The number of hydrogen-bond acceptors (Lipinski definition) is 2. The average molecular weight is 221 g/mol. The van der Waals surface area contributed by atoms with Crippen LogP contribution in [-0.4, -0.2) is 33.9 Å². The molecule has 0 bridgehead atoms. The maximum Gasteiger partial charge on any atom is 0.270 e. The Kier molecular flexibility index (Phi) is 2.76. The van der Waals surface area contributed by atoms with Crippen LogP contribution >= 0.6 is 0 Å². The number of nitrogens with one attached hydrogen (secondary N) is 1. The highest BCUT2D eigenvalue weighted by Gasteiger charge is 2.36. The van der Waals surface area contributed by atoms with Gasteiger partial charge in [0.15, 0.2) is 0 Å². The summed E-state index contributed by atoms with van der Waals surface area (Å²) in [4.78, 5) is 17.1. The molecule has 0 aromatic carbocycles. The Morgan fingerprint density at radius 2 is 2.38 bits per heavy atom. The van der Waals surface area contributed by atoms with Crippen molar-refractivity contribution < 1.29 is 4.79 Å². The Morgan fingerprint density at radius 3 is 2.94 bits per heavy atom. The zero-order valence-corrected chi connectivity index (χ0v) is 9.86. The second-order valence-corrected chi connectivity index (χ2v) is 5.11. The summed E-state index contributed by atoms with van der Waals surface area (Å²) in [6.45, 7) is 4.89. The van der Waals surface area contributed by atoms with Gasteiger partial charge in [-0.1, -0.05) is 0 Å². The fraction of sp³-hybridized carbons (Fsp3) is 0.583. The molecule has 1 fully saturated rings. The van der Waals surface area contributed by atoms with Gasteiger partial charge in [0, 0.05) is 24.3 Å². The number of carbonyl (C=O) groups excluding carboxylic acids is 1. The van der Waals surface area contributed by atoms with Gasteiger partial charge in [0.1, 0.15) is 5.69 Å². The van der Waals surface area contributed by atoms with Gasteiger partial charge in [-0.3, -0.25) is 4.79 Å². The molecule has 3 N–H and O–H groups in total. The van der Waals surface area contributed by atoms with Gasteiger partial charge in [0.05, 0.1) is 0 Å². The van der Waals surface area contributed by atoms with Crippen LogP contribution in [0.25, 0.3) is 0 Å². The van der Waals surface area contributed by atoms with Crippen LogP contribution in [-0.2, 0) is 0 Å². The van der Waals surface area contributed by atoms with E-state index in [2.05, 4.69) is 18.8 Å². The SMILES string of the molecule is CC1(C)CC(N)CCN1C(=O)c1ccc[nH]1. The Labute approximate surface area is 95.8 Å². The van der Waals surface area contributed by atoms with Gasteiger partial charge in [-0.15, -0.1) is 0 Å². The molecule has 4 heteroatoms. The lowest BCUT2D eigenvalue weighted by Gasteiger charge is -2.44. The predicted octanol–water partition coefficient (Wildman–Crippen LogP) is 1.36. The van der Waals surface area contributed by atoms with Crippen LogP contribution in [0.4, 0.5) is 0 Å².